The van der Waals surface area contributed by atoms with Crippen molar-refractivity contribution >= 4 is 40.8 Å². The largest absolute Gasteiger partial charge is 0.496 e. The van der Waals surface area contributed by atoms with Crippen LogP contribution in [0.4, 0.5) is 10.1 Å². The summed E-state index contributed by atoms with van der Waals surface area (Å²) in [4.78, 5) is 31.7. The lowest BCUT2D eigenvalue weighted by atomic mass is 9.96. The standard InChI is InChI=1S/C37H38Cl2FN5O5/c1-44-29-11-15-45(16-14-40)20-28(29)42-34(44)35(46)43-27-8-4-7-25(33(27)39)22-5-3-6-24-23(22)9-10-30(24)50-32-18-31(49-2)21(17-26(32)38)19-41-37(12-13-37)36(47)48/h3-8,17-18,30,41H,9-16,19-20H2,1-2H3,(H,43,46)(H,47,48). The van der Waals surface area contributed by atoms with Crippen LogP contribution < -0.4 is 20.1 Å². The van der Waals surface area contributed by atoms with Gasteiger partial charge in [-0.25, -0.2) is 9.37 Å². The van der Waals surface area contributed by atoms with E-state index in [0.29, 0.717) is 66.1 Å². The third kappa shape index (κ3) is 6.43. The first-order valence-corrected chi connectivity index (χ1v) is 17.4. The molecule has 1 unspecified atom stereocenters. The van der Waals surface area contributed by atoms with E-state index in [1.54, 1.807) is 25.3 Å². The number of fused-ring (bicyclic) bond motifs is 2. The van der Waals surface area contributed by atoms with E-state index in [1.165, 1.54) is 0 Å². The molecule has 4 aromatic rings. The molecule has 1 saturated carbocycles. The number of rotatable bonds is 12. The van der Waals surface area contributed by atoms with Crippen molar-refractivity contribution in [2.75, 3.05) is 32.2 Å². The number of anilines is 1. The van der Waals surface area contributed by atoms with Crippen molar-refractivity contribution in [2.24, 2.45) is 7.05 Å². The monoisotopic (exact) mass is 721 g/mol. The van der Waals surface area contributed by atoms with Crippen LogP contribution in [0.1, 0.15) is 64.1 Å². The number of ether oxygens (including phenoxy) is 2. The van der Waals surface area contributed by atoms with E-state index in [0.717, 1.165) is 58.6 Å². The number of aromatic nitrogens is 2. The molecule has 2 aliphatic carbocycles. The lowest BCUT2D eigenvalue weighted by Crippen LogP contribution is -2.38. The third-order valence-corrected chi connectivity index (χ3v) is 10.8. The Morgan fingerprint density at radius 1 is 1.10 bits per heavy atom. The van der Waals surface area contributed by atoms with Crippen molar-refractivity contribution < 1.29 is 28.6 Å². The SMILES string of the molecule is COc1cc(OC2CCc3c(-c4cccc(NC(=O)c5nc6c(n5C)CCN(CCF)C6)c4Cl)cccc32)c(Cl)cc1CNC1(C(=O)O)CC1. The second-order valence-electron chi connectivity index (χ2n) is 13.1. The van der Waals surface area contributed by atoms with E-state index in [1.807, 2.05) is 46.8 Å². The fraction of sp³-hybridized carbons (Fsp3) is 0.378. The van der Waals surface area contributed by atoms with E-state index in [-0.39, 0.29) is 17.8 Å². The molecule has 13 heteroatoms. The molecule has 7 rings (SSSR count). The molecule has 50 heavy (non-hydrogen) atoms. The maximum Gasteiger partial charge on any atom is 0.323 e. The van der Waals surface area contributed by atoms with Gasteiger partial charge in [-0.3, -0.25) is 19.8 Å². The van der Waals surface area contributed by atoms with Gasteiger partial charge < -0.3 is 24.5 Å². The summed E-state index contributed by atoms with van der Waals surface area (Å²) in [6.07, 6.45) is 3.07. The third-order valence-electron chi connectivity index (χ3n) is 10.1. The van der Waals surface area contributed by atoms with E-state index in [2.05, 4.69) is 15.6 Å². The molecule has 1 amide bonds. The Kier molecular flexibility index (Phi) is 9.51. The molecule has 0 spiro atoms. The number of carbonyl (C=O) groups is 2. The minimum atomic E-state index is -0.883. The highest BCUT2D eigenvalue weighted by Crippen LogP contribution is 2.45. The highest BCUT2D eigenvalue weighted by Gasteiger charge is 2.50. The number of nitrogens with zero attached hydrogens (tertiary/aromatic N) is 3. The molecule has 0 bridgehead atoms. The van der Waals surface area contributed by atoms with Crippen LogP contribution >= 0.6 is 23.2 Å². The number of benzene rings is 3. The van der Waals surface area contributed by atoms with Gasteiger partial charge in [0.1, 0.15) is 29.8 Å². The Labute approximate surface area is 299 Å². The van der Waals surface area contributed by atoms with Crippen molar-refractivity contribution in [3.05, 3.63) is 92.5 Å². The van der Waals surface area contributed by atoms with Gasteiger partial charge in [-0.05, 0) is 54.5 Å². The molecule has 1 aliphatic heterocycles. The topological polar surface area (TPSA) is 118 Å². The molecular formula is C37H38Cl2FN5O5. The van der Waals surface area contributed by atoms with Gasteiger partial charge in [0, 0.05) is 62.5 Å². The second kappa shape index (κ2) is 13.9. The number of carboxylic acids is 1. The molecule has 2 heterocycles. The highest BCUT2D eigenvalue weighted by molar-refractivity contribution is 6.36. The summed E-state index contributed by atoms with van der Waals surface area (Å²) >= 11 is 13.7. The normalized spacial score (nSPS) is 17.6. The van der Waals surface area contributed by atoms with Gasteiger partial charge in [-0.2, -0.15) is 0 Å². The number of carbonyl (C=O) groups excluding carboxylic acids is 1. The van der Waals surface area contributed by atoms with Gasteiger partial charge >= 0.3 is 5.97 Å². The lowest BCUT2D eigenvalue weighted by molar-refractivity contribution is -0.140. The average molecular weight is 723 g/mol. The first-order chi connectivity index (χ1) is 24.1. The molecule has 0 radical (unpaired) electrons. The zero-order chi connectivity index (χ0) is 35.2. The first kappa shape index (κ1) is 34.3. The van der Waals surface area contributed by atoms with Crippen LogP contribution in [-0.4, -0.2) is 63.8 Å². The molecule has 0 saturated heterocycles. The summed E-state index contributed by atoms with van der Waals surface area (Å²) in [7, 11) is 3.39. The van der Waals surface area contributed by atoms with E-state index < -0.39 is 18.2 Å². The Morgan fingerprint density at radius 3 is 2.62 bits per heavy atom. The van der Waals surface area contributed by atoms with Gasteiger partial charge in [-0.1, -0.05) is 53.5 Å². The van der Waals surface area contributed by atoms with Gasteiger partial charge in [0.05, 0.1) is 28.5 Å². The van der Waals surface area contributed by atoms with E-state index in [4.69, 9.17) is 32.7 Å². The molecule has 3 aliphatic rings. The van der Waals surface area contributed by atoms with E-state index >= 15 is 0 Å². The number of hydrogen-bond donors (Lipinski definition) is 3. The molecule has 3 aromatic carbocycles. The van der Waals surface area contributed by atoms with Crippen molar-refractivity contribution in [1.29, 1.82) is 0 Å². The number of nitrogens with one attached hydrogen (secondary N) is 2. The second-order valence-corrected chi connectivity index (χ2v) is 13.9. The fourth-order valence-electron chi connectivity index (χ4n) is 7.10. The first-order valence-electron chi connectivity index (χ1n) is 16.7. The zero-order valence-corrected chi connectivity index (χ0v) is 29.3. The van der Waals surface area contributed by atoms with Crippen molar-refractivity contribution in [1.82, 2.24) is 19.8 Å². The summed E-state index contributed by atoms with van der Waals surface area (Å²) < 4.78 is 26.9. The van der Waals surface area contributed by atoms with Gasteiger partial charge in [-0.15, -0.1) is 0 Å². The molecule has 3 N–H and O–H groups in total. The van der Waals surface area contributed by atoms with Crippen LogP contribution in [-0.2, 0) is 37.8 Å². The van der Waals surface area contributed by atoms with E-state index in [9.17, 15) is 19.1 Å². The maximum atomic E-state index is 13.5. The summed E-state index contributed by atoms with van der Waals surface area (Å²) in [5, 5.41) is 16.4. The summed E-state index contributed by atoms with van der Waals surface area (Å²) in [6.45, 7) is 1.47. The number of halogens is 3. The van der Waals surface area contributed by atoms with Crippen LogP contribution in [0.25, 0.3) is 11.1 Å². The summed E-state index contributed by atoms with van der Waals surface area (Å²) in [5.41, 5.74) is 5.97. The van der Waals surface area contributed by atoms with Gasteiger partial charge in [0.15, 0.2) is 5.82 Å². The Morgan fingerprint density at radius 2 is 1.88 bits per heavy atom. The Bertz CT molecular complexity index is 1980. The van der Waals surface area contributed by atoms with Crippen molar-refractivity contribution in [2.45, 2.75) is 56.8 Å². The number of carboxylic acid groups (broad SMARTS) is 1. The zero-order valence-electron chi connectivity index (χ0n) is 27.8. The summed E-state index contributed by atoms with van der Waals surface area (Å²) in [5.74, 6) is 0.0917. The van der Waals surface area contributed by atoms with Crippen LogP contribution in [0.3, 0.4) is 0 Å². The van der Waals surface area contributed by atoms with Gasteiger partial charge in [0.2, 0.25) is 0 Å². The number of imidazole rings is 1. The Hall–Kier alpha value is -4.16. The number of methoxy groups -OCH3 is 1. The molecule has 1 fully saturated rings. The Balaban J connectivity index is 1.09. The maximum absolute atomic E-state index is 13.5. The predicted octanol–water partition coefficient (Wildman–Crippen LogP) is 6.76. The van der Waals surface area contributed by atoms with Gasteiger partial charge in [0.25, 0.3) is 5.91 Å². The van der Waals surface area contributed by atoms with Crippen LogP contribution in [0.2, 0.25) is 10.0 Å². The number of aliphatic carboxylic acids is 1. The minimum Gasteiger partial charge on any atom is -0.496 e. The van der Waals surface area contributed by atoms with Crippen LogP contribution in [0, 0.1) is 0 Å². The molecule has 10 nitrogen and oxygen atoms in total. The van der Waals surface area contributed by atoms with Crippen LogP contribution in [0.5, 0.6) is 11.5 Å². The summed E-state index contributed by atoms with van der Waals surface area (Å²) in [6, 6.07) is 15.1. The predicted molar refractivity (Wildman–Crippen MR) is 189 cm³/mol. The number of alkyl halides is 1. The molecule has 262 valence electrons. The molecule has 1 aromatic heterocycles. The average Bonchev–Trinajstić information content (AvgIpc) is 3.70. The smallest absolute Gasteiger partial charge is 0.323 e. The minimum absolute atomic E-state index is 0.269. The van der Waals surface area contributed by atoms with Crippen molar-refractivity contribution in [3.63, 3.8) is 0 Å². The molecule has 1 atom stereocenters. The highest BCUT2D eigenvalue weighted by atomic mass is 35.5. The number of amides is 1. The molecular weight excluding hydrogens is 684 g/mol. The van der Waals surface area contributed by atoms with Crippen molar-refractivity contribution in [3.8, 4) is 22.6 Å². The lowest BCUT2D eigenvalue weighted by Gasteiger charge is -2.25. The fourth-order valence-corrected chi connectivity index (χ4v) is 7.61. The number of hydrogen-bond acceptors (Lipinski definition) is 7. The quantitative estimate of drug-likeness (QED) is 0.147. The van der Waals surface area contributed by atoms with Crippen LogP contribution in [0.15, 0.2) is 48.5 Å².